The van der Waals surface area contributed by atoms with Gasteiger partial charge in [0.05, 0.1) is 6.42 Å². The molecule has 2 heterocycles. The Morgan fingerprint density at radius 2 is 2.00 bits per heavy atom. The first kappa shape index (κ1) is 12.8. The van der Waals surface area contributed by atoms with Crippen molar-refractivity contribution in [2.24, 2.45) is 0 Å². The summed E-state index contributed by atoms with van der Waals surface area (Å²) in [5.74, 6) is 1.09. The van der Waals surface area contributed by atoms with Crippen LogP contribution in [0.3, 0.4) is 0 Å². The fourth-order valence-electron chi connectivity index (χ4n) is 1.76. The molecule has 0 radical (unpaired) electrons. The number of hydrogen-bond acceptors (Lipinski definition) is 5. The Labute approximate surface area is 123 Å². The predicted octanol–water partition coefficient (Wildman–Crippen LogP) is 3.19. The number of aromatic hydroxyl groups is 1. The van der Waals surface area contributed by atoms with E-state index < -0.39 is 0 Å². The number of halogens is 1. The molecule has 0 unspecified atom stereocenters. The molecule has 20 heavy (non-hydrogen) atoms. The van der Waals surface area contributed by atoms with Gasteiger partial charge in [0.1, 0.15) is 11.4 Å². The van der Waals surface area contributed by atoms with Crippen molar-refractivity contribution in [3.8, 4) is 17.3 Å². The lowest BCUT2D eigenvalue weighted by Gasteiger charge is -1.99. The van der Waals surface area contributed by atoms with E-state index in [0.717, 1.165) is 10.0 Å². The monoisotopic (exact) mass is 331 g/mol. The molecular formula is C14H10BrN3O2. The molecule has 100 valence electrons. The second kappa shape index (κ2) is 5.42. The Hall–Kier alpha value is -2.21. The van der Waals surface area contributed by atoms with Gasteiger partial charge in [0.25, 0.3) is 0 Å². The summed E-state index contributed by atoms with van der Waals surface area (Å²) >= 11 is 3.32. The molecule has 6 heteroatoms. The van der Waals surface area contributed by atoms with Crippen LogP contribution in [0.5, 0.6) is 5.75 Å². The third-order valence-electron chi connectivity index (χ3n) is 2.76. The maximum atomic E-state index is 9.72. The number of benzene rings is 1. The lowest BCUT2D eigenvalue weighted by molar-refractivity contribution is 0.383. The largest absolute Gasteiger partial charge is 0.508 e. The van der Waals surface area contributed by atoms with Crippen molar-refractivity contribution in [1.29, 1.82) is 0 Å². The fourth-order valence-corrected chi connectivity index (χ4v) is 2.00. The molecule has 0 bridgehead atoms. The van der Waals surface area contributed by atoms with E-state index in [-0.39, 0.29) is 5.75 Å². The van der Waals surface area contributed by atoms with E-state index in [1.807, 2.05) is 18.2 Å². The van der Waals surface area contributed by atoms with Gasteiger partial charge in [-0.05, 0) is 34.1 Å². The van der Waals surface area contributed by atoms with Gasteiger partial charge in [-0.3, -0.25) is 4.98 Å². The first-order valence-corrected chi connectivity index (χ1v) is 6.73. The summed E-state index contributed by atoms with van der Waals surface area (Å²) in [4.78, 5) is 8.49. The highest BCUT2D eigenvalue weighted by Crippen LogP contribution is 2.21. The number of nitrogens with zero attached hydrogens (tertiary/aromatic N) is 3. The highest BCUT2D eigenvalue weighted by molar-refractivity contribution is 9.10. The Bertz CT molecular complexity index is 725. The number of phenols is 1. The highest BCUT2D eigenvalue weighted by atomic mass is 79.9. The smallest absolute Gasteiger partial charge is 0.231 e. The van der Waals surface area contributed by atoms with Crippen molar-refractivity contribution >= 4 is 15.9 Å². The quantitative estimate of drug-likeness (QED) is 0.797. The van der Waals surface area contributed by atoms with Crippen molar-refractivity contribution in [2.75, 3.05) is 0 Å². The van der Waals surface area contributed by atoms with Crippen molar-refractivity contribution < 1.29 is 9.63 Å². The number of hydrogen-bond donors (Lipinski definition) is 1. The molecule has 0 aliphatic rings. The SMILES string of the molecule is Oc1ccccc1Cc1nc(-c2ccc(Br)cn2)no1. The summed E-state index contributed by atoms with van der Waals surface area (Å²) in [6.07, 6.45) is 2.06. The molecule has 3 aromatic rings. The Morgan fingerprint density at radius 1 is 1.15 bits per heavy atom. The number of pyridine rings is 1. The van der Waals surface area contributed by atoms with Gasteiger partial charge in [-0.15, -0.1) is 0 Å². The van der Waals surface area contributed by atoms with Gasteiger partial charge in [0.2, 0.25) is 11.7 Å². The summed E-state index contributed by atoms with van der Waals surface area (Å²) in [5, 5.41) is 13.6. The van der Waals surface area contributed by atoms with Crippen molar-refractivity contribution in [3.05, 3.63) is 58.5 Å². The van der Waals surface area contributed by atoms with E-state index in [4.69, 9.17) is 4.52 Å². The molecule has 0 aliphatic carbocycles. The third kappa shape index (κ3) is 2.70. The van der Waals surface area contributed by atoms with Crippen molar-refractivity contribution in [3.63, 3.8) is 0 Å². The molecule has 2 aromatic heterocycles. The lowest BCUT2D eigenvalue weighted by Crippen LogP contribution is -1.90. The molecule has 3 rings (SSSR count). The van der Waals surface area contributed by atoms with E-state index in [1.54, 1.807) is 24.4 Å². The third-order valence-corrected chi connectivity index (χ3v) is 3.23. The van der Waals surface area contributed by atoms with Crippen LogP contribution in [0.1, 0.15) is 11.5 Å². The Morgan fingerprint density at radius 3 is 2.75 bits per heavy atom. The van der Waals surface area contributed by atoms with Crippen LogP contribution in [0, 0.1) is 0 Å². The highest BCUT2D eigenvalue weighted by Gasteiger charge is 2.11. The zero-order valence-corrected chi connectivity index (χ0v) is 11.9. The van der Waals surface area contributed by atoms with Gasteiger partial charge in [0, 0.05) is 16.2 Å². The summed E-state index contributed by atoms with van der Waals surface area (Å²) in [6.45, 7) is 0. The maximum absolute atomic E-state index is 9.72. The minimum Gasteiger partial charge on any atom is -0.508 e. The molecule has 0 fully saturated rings. The minimum absolute atomic E-state index is 0.217. The minimum atomic E-state index is 0.217. The van der Waals surface area contributed by atoms with Crippen molar-refractivity contribution in [2.45, 2.75) is 6.42 Å². The molecule has 0 spiro atoms. The van der Waals surface area contributed by atoms with Crippen LogP contribution in [0.25, 0.3) is 11.5 Å². The molecule has 0 saturated carbocycles. The number of rotatable bonds is 3. The summed E-state index contributed by atoms with van der Waals surface area (Å²) in [6, 6.07) is 10.7. The molecule has 0 aliphatic heterocycles. The fraction of sp³-hybridized carbons (Fsp3) is 0.0714. The molecule has 0 saturated heterocycles. The lowest BCUT2D eigenvalue weighted by atomic mass is 10.1. The van der Waals surface area contributed by atoms with Crippen molar-refractivity contribution in [1.82, 2.24) is 15.1 Å². The van der Waals surface area contributed by atoms with Crippen LogP contribution >= 0.6 is 15.9 Å². The summed E-state index contributed by atoms with van der Waals surface area (Å²) in [7, 11) is 0. The van der Waals surface area contributed by atoms with Crippen LogP contribution in [0.2, 0.25) is 0 Å². The van der Waals surface area contributed by atoms with Crippen LogP contribution in [0.4, 0.5) is 0 Å². The molecule has 0 amide bonds. The van der Waals surface area contributed by atoms with E-state index >= 15 is 0 Å². The topological polar surface area (TPSA) is 72.0 Å². The predicted molar refractivity (Wildman–Crippen MR) is 76.1 cm³/mol. The first-order valence-electron chi connectivity index (χ1n) is 5.94. The molecule has 1 aromatic carbocycles. The van der Waals surface area contributed by atoms with E-state index in [0.29, 0.717) is 23.8 Å². The molecule has 1 N–H and O–H groups in total. The maximum Gasteiger partial charge on any atom is 0.231 e. The summed E-state index contributed by atoms with van der Waals surface area (Å²) in [5.41, 5.74) is 1.38. The Kier molecular flexibility index (Phi) is 3.47. The summed E-state index contributed by atoms with van der Waals surface area (Å²) < 4.78 is 6.07. The Balaban J connectivity index is 1.84. The zero-order chi connectivity index (χ0) is 13.9. The first-order chi connectivity index (χ1) is 9.72. The van der Waals surface area contributed by atoms with Gasteiger partial charge in [-0.2, -0.15) is 4.98 Å². The number of para-hydroxylation sites is 1. The standard InChI is InChI=1S/C14H10BrN3O2/c15-10-5-6-11(16-8-10)14-17-13(20-18-14)7-9-3-1-2-4-12(9)19/h1-6,8,19H,7H2. The second-order valence-electron chi connectivity index (χ2n) is 4.18. The van der Waals surface area contributed by atoms with Gasteiger partial charge >= 0.3 is 0 Å². The van der Waals surface area contributed by atoms with E-state index in [2.05, 4.69) is 31.1 Å². The number of phenolic OH excluding ortho intramolecular Hbond substituents is 1. The second-order valence-corrected chi connectivity index (χ2v) is 5.09. The molecular weight excluding hydrogens is 322 g/mol. The number of aromatic nitrogens is 3. The van der Waals surface area contributed by atoms with Gasteiger partial charge in [-0.1, -0.05) is 23.4 Å². The average molecular weight is 332 g/mol. The van der Waals surface area contributed by atoms with E-state index in [9.17, 15) is 5.11 Å². The van der Waals surface area contributed by atoms with Crippen LogP contribution in [0.15, 0.2) is 51.6 Å². The normalized spacial score (nSPS) is 10.7. The van der Waals surface area contributed by atoms with Gasteiger partial charge in [0.15, 0.2) is 0 Å². The molecule has 0 atom stereocenters. The van der Waals surface area contributed by atoms with Gasteiger partial charge in [-0.25, -0.2) is 0 Å². The van der Waals surface area contributed by atoms with Crippen LogP contribution in [-0.4, -0.2) is 20.2 Å². The zero-order valence-electron chi connectivity index (χ0n) is 10.3. The van der Waals surface area contributed by atoms with E-state index in [1.165, 1.54) is 0 Å². The van der Waals surface area contributed by atoms with Gasteiger partial charge < -0.3 is 9.63 Å². The average Bonchev–Trinajstić information content (AvgIpc) is 2.91. The van der Waals surface area contributed by atoms with Crippen LogP contribution in [-0.2, 0) is 6.42 Å². The van der Waals surface area contributed by atoms with Crippen LogP contribution < -0.4 is 0 Å². The molecule has 5 nitrogen and oxygen atoms in total.